The van der Waals surface area contributed by atoms with E-state index in [2.05, 4.69) is 34.5 Å². The van der Waals surface area contributed by atoms with Gasteiger partial charge in [0, 0.05) is 25.2 Å². The second kappa shape index (κ2) is 9.54. The zero-order chi connectivity index (χ0) is 19.9. The summed E-state index contributed by atoms with van der Waals surface area (Å²) >= 11 is 1.40. The van der Waals surface area contributed by atoms with Gasteiger partial charge in [0.15, 0.2) is 0 Å². The average Bonchev–Trinajstić information content (AvgIpc) is 3.38. The summed E-state index contributed by atoms with van der Waals surface area (Å²) in [7, 11) is 0. The van der Waals surface area contributed by atoms with Crippen molar-refractivity contribution in [3.63, 3.8) is 0 Å². The number of hydrazone groups is 1. The molecule has 1 aromatic carbocycles. The maximum absolute atomic E-state index is 12.4. The Hall–Kier alpha value is -2.61. The third-order valence-corrected chi connectivity index (χ3v) is 5.79. The predicted molar refractivity (Wildman–Crippen MR) is 110 cm³/mol. The number of anilines is 1. The van der Waals surface area contributed by atoms with E-state index >= 15 is 0 Å². The number of nitrogens with zero attached hydrogens (tertiary/aromatic N) is 4. The van der Waals surface area contributed by atoms with Gasteiger partial charge in [0.25, 0.3) is 0 Å². The quantitative estimate of drug-likeness (QED) is 0.731. The van der Waals surface area contributed by atoms with Crippen LogP contribution in [-0.4, -0.2) is 39.3 Å². The number of amides is 2. The normalized spacial score (nSPS) is 13.7. The minimum atomic E-state index is -0.230. The van der Waals surface area contributed by atoms with Crippen molar-refractivity contribution >= 4 is 34.0 Å². The molecule has 0 bridgehead atoms. The molecule has 1 aliphatic heterocycles. The number of hydrogen-bond acceptors (Lipinski definition) is 6. The van der Waals surface area contributed by atoms with Gasteiger partial charge in [-0.1, -0.05) is 55.5 Å². The van der Waals surface area contributed by atoms with E-state index in [1.807, 2.05) is 30.3 Å². The van der Waals surface area contributed by atoms with Crippen LogP contribution >= 0.6 is 11.3 Å². The van der Waals surface area contributed by atoms with Crippen LogP contribution in [0.2, 0.25) is 0 Å². The fourth-order valence-corrected chi connectivity index (χ4v) is 4.12. The Morgan fingerprint density at radius 3 is 2.61 bits per heavy atom. The van der Waals surface area contributed by atoms with Crippen LogP contribution < -0.4 is 5.32 Å². The monoisotopic (exact) mass is 399 g/mol. The molecule has 0 spiro atoms. The van der Waals surface area contributed by atoms with Gasteiger partial charge < -0.3 is 5.32 Å². The predicted octanol–water partition coefficient (Wildman–Crippen LogP) is 3.80. The molecule has 1 aliphatic rings. The first-order valence-electron chi connectivity index (χ1n) is 9.67. The summed E-state index contributed by atoms with van der Waals surface area (Å²) in [6.07, 6.45) is 2.94. The first-order valence-corrected chi connectivity index (χ1v) is 10.5. The average molecular weight is 400 g/mol. The Balaban J connectivity index is 1.48. The molecule has 0 atom stereocenters. The lowest BCUT2D eigenvalue weighted by Gasteiger charge is -2.10. The van der Waals surface area contributed by atoms with Gasteiger partial charge in [-0.3, -0.25) is 9.59 Å². The highest BCUT2D eigenvalue weighted by molar-refractivity contribution is 7.15. The van der Waals surface area contributed by atoms with Crippen molar-refractivity contribution in [3.05, 3.63) is 40.9 Å². The van der Waals surface area contributed by atoms with E-state index in [0.29, 0.717) is 17.6 Å². The van der Waals surface area contributed by atoms with Gasteiger partial charge in [0.2, 0.25) is 16.9 Å². The summed E-state index contributed by atoms with van der Waals surface area (Å²) in [5.41, 5.74) is 1.93. The number of benzene rings is 1. The zero-order valence-electron chi connectivity index (χ0n) is 16.2. The number of hydrogen-bond donors (Lipinski definition) is 1. The smallest absolute Gasteiger partial charge is 0.243 e. The first-order chi connectivity index (χ1) is 13.6. The van der Waals surface area contributed by atoms with E-state index in [-0.39, 0.29) is 24.7 Å². The van der Waals surface area contributed by atoms with Crippen LogP contribution in [0.4, 0.5) is 5.13 Å². The lowest BCUT2D eigenvalue weighted by atomic mass is 10.1. The lowest BCUT2D eigenvalue weighted by molar-refractivity contribution is -0.132. The summed E-state index contributed by atoms with van der Waals surface area (Å²) in [4.78, 5) is 24.5. The Labute approximate surface area is 168 Å². The molecule has 0 saturated carbocycles. The van der Waals surface area contributed by atoms with Crippen molar-refractivity contribution in [2.24, 2.45) is 5.10 Å². The van der Waals surface area contributed by atoms with Crippen molar-refractivity contribution < 1.29 is 9.59 Å². The Morgan fingerprint density at radius 2 is 1.89 bits per heavy atom. The van der Waals surface area contributed by atoms with Crippen LogP contribution in [0, 0.1) is 0 Å². The van der Waals surface area contributed by atoms with Gasteiger partial charge in [-0.25, -0.2) is 5.01 Å². The molecule has 2 heterocycles. The van der Waals surface area contributed by atoms with Crippen LogP contribution in [0.15, 0.2) is 35.4 Å². The van der Waals surface area contributed by atoms with Gasteiger partial charge in [0.1, 0.15) is 5.01 Å². The van der Waals surface area contributed by atoms with Crippen molar-refractivity contribution in [2.45, 2.75) is 51.9 Å². The summed E-state index contributed by atoms with van der Waals surface area (Å²) in [5, 5.41) is 18.3. The van der Waals surface area contributed by atoms with Crippen LogP contribution in [0.1, 0.15) is 62.4 Å². The molecule has 0 unspecified atom stereocenters. The van der Waals surface area contributed by atoms with E-state index in [0.717, 1.165) is 35.5 Å². The fourth-order valence-electron chi connectivity index (χ4n) is 3.09. The summed E-state index contributed by atoms with van der Waals surface area (Å²) in [6.45, 7) is 4.78. The number of carbonyl (C=O) groups is 2. The van der Waals surface area contributed by atoms with Gasteiger partial charge >= 0.3 is 0 Å². The first kappa shape index (κ1) is 20.1. The molecule has 0 saturated heterocycles. The summed E-state index contributed by atoms with van der Waals surface area (Å²) < 4.78 is 0. The molecule has 0 fully saturated rings. The van der Waals surface area contributed by atoms with Gasteiger partial charge in [-0.15, -0.1) is 10.2 Å². The summed E-state index contributed by atoms with van der Waals surface area (Å²) in [5.74, 6) is -0.000288. The standard InChI is InChI=1S/C20H25N5O2S/c1-3-14(4-2)19-22-23-20(28-19)21-17(26)10-11-18(27)25-13-12-16(24-25)15-8-6-5-7-9-15/h5-9,14H,3-4,10-13H2,1-2H3,(H,21,23,26). The molecule has 148 valence electrons. The molecular weight excluding hydrogens is 374 g/mol. The van der Waals surface area contributed by atoms with Crippen molar-refractivity contribution in [1.82, 2.24) is 15.2 Å². The third kappa shape index (κ3) is 5.01. The molecule has 8 heteroatoms. The van der Waals surface area contributed by atoms with Gasteiger partial charge in [0.05, 0.1) is 12.3 Å². The molecule has 3 rings (SSSR count). The van der Waals surface area contributed by atoms with Crippen molar-refractivity contribution in [3.8, 4) is 0 Å². The third-order valence-electron chi connectivity index (χ3n) is 4.78. The largest absolute Gasteiger partial charge is 0.301 e. The zero-order valence-corrected chi connectivity index (χ0v) is 17.0. The van der Waals surface area contributed by atoms with Crippen molar-refractivity contribution in [1.29, 1.82) is 0 Å². The molecule has 2 aromatic rings. The van der Waals surface area contributed by atoms with E-state index in [1.165, 1.54) is 16.3 Å². The lowest BCUT2D eigenvalue weighted by Crippen LogP contribution is -2.24. The van der Waals surface area contributed by atoms with Crippen LogP contribution in [-0.2, 0) is 9.59 Å². The minimum Gasteiger partial charge on any atom is -0.301 e. The highest BCUT2D eigenvalue weighted by Gasteiger charge is 2.22. The molecule has 28 heavy (non-hydrogen) atoms. The maximum Gasteiger partial charge on any atom is 0.243 e. The van der Waals surface area contributed by atoms with E-state index < -0.39 is 0 Å². The molecular formula is C20H25N5O2S. The van der Waals surface area contributed by atoms with Crippen LogP contribution in [0.5, 0.6) is 0 Å². The fraction of sp³-hybridized carbons (Fsp3) is 0.450. The van der Waals surface area contributed by atoms with E-state index in [1.54, 1.807) is 0 Å². The van der Waals surface area contributed by atoms with Crippen molar-refractivity contribution in [2.75, 3.05) is 11.9 Å². The van der Waals surface area contributed by atoms with Crippen LogP contribution in [0.3, 0.4) is 0 Å². The van der Waals surface area contributed by atoms with Gasteiger partial charge in [-0.05, 0) is 18.4 Å². The van der Waals surface area contributed by atoms with Gasteiger partial charge in [-0.2, -0.15) is 5.10 Å². The number of aromatic nitrogens is 2. The maximum atomic E-state index is 12.4. The Kier molecular flexibility index (Phi) is 6.86. The number of nitrogens with one attached hydrogen (secondary N) is 1. The molecule has 2 amide bonds. The molecule has 1 aromatic heterocycles. The minimum absolute atomic E-state index is 0.103. The highest BCUT2D eigenvalue weighted by Crippen LogP contribution is 2.28. The van der Waals surface area contributed by atoms with E-state index in [9.17, 15) is 9.59 Å². The summed E-state index contributed by atoms with van der Waals surface area (Å²) in [6, 6.07) is 9.83. The second-order valence-corrected chi connectivity index (χ2v) is 7.70. The van der Waals surface area contributed by atoms with E-state index in [4.69, 9.17) is 0 Å². The Morgan fingerprint density at radius 1 is 1.14 bits per heavy atom. The number of carbonyl (C=O) groups excluding carboxylic acids is 2. The molecule has 1 N–H and O–H groups in total. The highest BCUT2D eigenvalue weighted by atomic mass is 32.1. The Bertz CT molecular complexity index is 845. The van der Waals surface area contributed by atoms with Crippen LogP contribution in [0.25, 0.3) is 0 Å². The topological polar surface area (TPSA) is 87.5 Å². The molecule has 0 aliphatic carbocycles. The number of rotatable bonds is 8. The molecule has 0 radical (unpaired) electrons. The SMILES string of the molecule is CCC(CC)c1nnc(NC(=O)CCC(=O)N2CCC(c3ccccc3)=N2)s1. The molecule has 7 nitrogen and oxygen atoms in total. The second-order valence-electron chi connectivity index (χ2n) is 6.69.